The molecule has 8 nitrogen and oxygen atoms in total. The van der Waals surface area contributed by atoms with E-state index in [0.29, 0.717) is 23.6 Å². The van der Waals surface area contributed by atoms with Gasteiger partial charge in [-0.3, -0.25) is 0 Å². The van der Waals surface area contributed by atoms with Crippen molar-refractivity contribution in [1.29, 1.82) is 0 Å². The molecule has 0 aliphatic heterocycles. The van der Waals surface area contributed by atoms with Crippen LogP contribution in [-0.4, -0.2) is 39.4 Å². The van der Waals surface area contributed by atoms with Crippen LogP contribution in [0, 0.1) is 0 Å². The van der Waals surface area contributed by atoms with Crippen LogP contribution in [0.5, 0.6) is 5.75 Å². The average molecular weight is 430 g/mol. The zero-order valence-electron chi connectivity index (χ0n) is 17.3. The first-order chi connectivity index (χ1) is 14.4. The summed E-state index contributed by atoms with van der Waals surface area (Å²) in [7, 11) is 1.63. The molecule has 0 aliphatic rings. The molecule has 0 aliphatic carbocycles. The number of esters is 1. The van der Waals surface area contributed by atoms with Crippen LogP contribution in [0.25, 0.3) is 5.95 Å². The molecule has 0 fully saturated rings. The fourth-order valence-electron chi connectivity index (χ4n) is 2.97. The van der Waals surface area contributed by atoms with Gasteiger partial charge in [0, 0.05) is 12.6 Å². The summed E-state index contributed by atoms with van der Waals surface area (Å²) in [5.74, 6) is 1.18. The lowest BCUT2D eigenvalue weighted by atomic mass is 10.1. The Morgan fingerprint density at radius 3 is 2.60 bits per heavy atom. The van der Waals surface area contributed by atoms with Gasteiger partial charge in [-0.15, -0.1) is 0 Å². The fraction of sp³-hybridized carbons (Fsp3) is 0.333. The van der Waals surface area contributed by atoms with Gasteiger partial charge in [0.15, 0.2) is 0 Å². The van der Waals surface area contributed by atoms with Gasteiger partial charge in [-0.1, -0.05) is 37.6 Å². The molecule has 0 saturated heterocycles. The van der Waals surface area contributed by atoms with E-state index in [4.69, 9.17) is 21.1 Å². The van der Waals surface area contributed by atoms with Gasteiger partial charge in [0.1, 0.15) is 22.3 Å². The first-order valence-corrected chi connectivity index (χ1v) is 9.97. The second kappa shape index (κ2) is 9.58. The van der Waals surface area contributed by atoms with Crippen LogP contribution in [0.15, 0.2) is 36.5 Å². The Bertz CT molecular complexity index is 1020. The molecule has 0 bridgehead atoms. The monoisotopic (exact) mass is 429 g/mol. The fourth-order valence-corrected chi connectivity index (χ4v) is 3.14. The molecule has 0 unspecified atom stereocenters. The predicted molar refractivity (Wildman–Crippen MR) is 115 cm³/mol. The molecule has 0 amide bonds. The highest BCUT2D eigenvalue weighted by Gasteiger charge is 2.23. The molecule has 1 N–H and O–H groups in total. The molecule has 2 heterocycles. The van der Waals surface area contributed by atoms with Gasteiger partial charge in [0.25, 0.3) is 5.95 Å². The number of carbonyl (C=O) groups excluding carboxylic acids is 1. The van der Waals surface area contributed by atoms with E-state index in [1.807, 2.05) is 38.1 Å². The largest absolute Gasteiger partial charge is 0.497 e. The van der Waals surface area contributed by atoms with Crippen LogP contribution in [0.3, 0.4) is 0 Å². The third kappa shape index (κ3) is 4.88. The minimum Gasteiger partial charge on any atom is -0.497 e. The molecular weight excluding hydrogens is 406 g/mol. The van der Waals surface area contributed by atoms with Gasteiger partial charge < -0.3 is 14.8 Å². The number of nitrogens with one attached hydrogen (secondary N) is 1. The van der Waals surface area contributed by atoms with Crippen LogP contribution in [-0.2, 0) is 11.3 Å². The Balaban J connectivity index is 1.88. The number of hydrogen-bond acceptors (Lipinski definition) is 7. The van der Waals surface area contributed by atoms with E-state index in [-0.39, 0.29) is 23.6 Å². The Morgan fingerprint density at radius 1 is 1.23 bits per heavy atom. The first-order valence-electron chi connectivity index (χ1n) is 9.59. The van der Waals surface area contributed by atoms with Crippen LogP contribution < -0.4 is 10.1 Å². The number of hydrogen-bond donors (Lipinski definition) is 1. The molecule has 3 aromatic rings. The van der Waals surface area contributed by atoms with E-state index in [0.717, 1.165) is 11.3 Å². The number of ether oxygens (including phenoxy) is 2. The van der Waals surface area contributed by atoms with Gasteiger partial charge in [-0.05, 0) is 30.5 Å². The molecular formula is C21H24ClN5O3. The smallest absolute Gasteiger partial charge is 0.341 e. The zero-order chi connectivity index (χ0) is 21.7. The van der Waals surface area contributed by atoms with Crippen molar-refractivity contribution in [3.8, 4) is 11.7 Å². The first kappa shape index (κ1) is 21.6. The van der Waals surface area contributed by atoms with E-state index in [9.17, 15) is 4.79 Å². The summed E-state index contributed by atoms with van der Waals surface area (Å²) in [4.78, 5) is 21.1. The van der Waals surface area contributed by atoms with Crippen molar-refractivity contribution < 1.29 is 14.3 Å². The highest BCUT2D eigenvalue weighted by molar-refractivity contribution is 6.29. The zero-order valence-corrected chi connectivity index (χ0v) is 18.1. The Labute approximate surface area is 180 Å². The number of nitrogens with zero attached hydrogens (tertiary/aromatic N) is 4. The second-order valence-corrected chi connectivity index (χ2v) is 7.20. The van der Waals surface area contributed by atoms with Gasteiger partial charge in [-0.25, -0.2) is 9.48 Å². The highest BCUT2D eigenvalue weighted by Crippen LogP contribution is 2.24. The van der Waals surface area contributed by atoms with E-state index in [1.165, 1.54) is 10.9 Å². The van der Waals surface area contributed by atoms with Gasteiger partial charge in [0.05, 0.1) is 25.6 Å². The van der Waals surface area contributed by atoms with Crippen molar-refractivity contribution in [3.05, 3.63) is 58.5 Å². The molecule has 0 atom stereocenters. The van der Waals surface area contributed by atoms with Crippen molar-refractivity contribution >= 4 is 23.4 Å². The highest BCUT2D eigenvalue weighted by atomic mass is 35.5. The van der Waals surface area contributed by atoms with Crippen LogP contribution >= 0.6 is 11.6 Å². The summed E-state index contributed by atoms with van der Waals surface area (Å²) in [6.45, 7) is 6.51. The third-order valence-corrected chi connectivity index (χ3v) is 4.55. The van der Waals surface area contributed by atoms with E-state index in [1.54, 1.807) is 20.1 Å². The summed E-state index contributed by atoms with van der Waals surface area (Å²) >= 11 is 6.23. The van der Waals surface area contributed by atoms with Crippen molar-refractivity contribution in [1.82, 2.24) is 19.7 Å². The van der Waals surface area contributed by atoms with Gasteiger partial charge in [-0.2, -0.15) is 15.1 Å². The molecule has 0 radical (unpaired) electrons. The lowest BCUT2D eigenvalue weighted by molar-refractivity contribution is 0.0524. The summed E-state index contributed by atoms with van der Waals surface area (Å²) < 4.78 is 11.8. The summed E-state index contributed by atoms with van der Waals surface area (Å²) in [5, 5.41) is 7.82. The number of carbonyl (C=O) groups is 1. The molecule has 0 saturated carbocycles. The molecule has 9 heteroatoms. The van der Waals surface area contributed by atoms with Crippen LogP contribution in [0.1, 0.15) is 48.3 Å². The molecule has 3 rings (SSSR count). The normalized spacial score (nSPS) is 10.9. The van der Waals surface area contributed by atoms with Crippen molar-refractivity contribution in [3.63, 3.8) is 0 Å². The third-order valence-electron chi connectivity index (χ3n) is 4.35. The maximum Gasteiger partial charge on any atom is 0.341 e. The average Bonchev–Trinajstić information content (AvgIpc) is 3.18. The Kier molecular flexibility index (Phi) is 6.89. The van der Waals surface area contributed by atoms with Crippen molar-refractivity contribution in [2.45, 2.75) is 33.2 Å². The SMILES string of the molecule is CCOC(=O)c1cnn(-c2nc(Cl)cc(NCc3ccc(OC)cc3)n2)c1C(C)C. The van der Waals surface area contributed by atoms with Gasteiger partial charge in [0.2, 0.25) is 0 Å². The molecule has 1 aromatic carbocycles. The lowest BCUT2D eigenvalue weighted by Crippen LogP contribution is -2.13. The molecule has 158 valence electrons. The number of anilines is 1. The minimum atomic E-state index is -0.424. The Hall–Kier alpha value is -3.13. The predicted octanol–water partition coefficient (Wildman–Crippen LogP) is 4.24. The van der Waals surface area contributed by atoms with Crippen LogP contribution in [0.4, 0.5) is 5.82 Å². The van der Waals surface area contributed by atoms with Gasteiger partial charge >= 0.3 is 5.97 Å². The molecule has 0 spiro atoms. The van der Waals surface area contributed by atoms with Crippen LogP contribution in [0.2, 0.25) is 5.15 Å². The number of halogens is 1. The summed E-state index contributed by atoms with van der Waals surface area (Å²) in [5.41, 5.74) is 2.11. The quantitative estimate of drug-likeness (QED) is 0.423. The van der Waals surface area contributed by atoms with E-state index < -0.39 is 5.97 Å². The van der Waals surface area contributed by atoms with Crippen molar-refractivity contribution in [2.24, 2.45) is 0 Å². The number of benzene rings is 1. The van der Waals surface area contributed by atoms with E-state index >= 15 is 0 Å². The topological polar surface area (TPSA) is 91.2 Å². The maximum atomic E-state index is 12.3. The summed E-state index contributed by atoms with van der Waals surface area (Å²) in [6, 6.07) is 9.35. The molecule has 2 aromatic heterocycles. The number of methoxy groups -OCH3 is 1. The second-order valence-electron chi connectivity index (χ2n) is 6.81. The number of rotatable bonds is 8. The minimum absolute atomic E-state index is 0.00908. The van der Waals surface area contributed by atoms with Crippen molar-refractivity contribution in [2.75, 3.05) is 19.0 Å². The summed E-state index contributed by atoms with van der Waals surface area (Å²) in [6.07, 6.45) is 1.47. The number of aromatic nitrogens is 4. The standard InChI is InChI=1S/C21H24ClN5O3/c1-5-30-20(28)16-12-24-27(19(16)13(2)3)21-25-17(22)10-18(26-21)23-11-14-6-8-15(29-4)9-7-14/h6-10,12-13H,5,11H2,1-4H3,(H,23,25,26). The lowest BCUT2D eigenvalue weighted by Gasteiger charge is -2.13. The Morgan fingerprint density at radius 2 is 1.97 bits per heavy atom. The van der Waals surface area contributed by atoms with E-state index in [2.05, 4.69) is 20.4 Å². The molecule has 30 heavy (non-hydrogen) atoms. The maximum absolute atomic E-state index is 12.3.